The van der Waals surface area contributed by atoms with Crippen LogP contribution in [0, 0.1) is 0 Å². The van der Waals surface area contributed by atoms with E-state index in [1.165, 1.54) is 154 Å². The number of esters is 3. The summed E-state index contributed by atoms with van der Waals surface area (Å²) in [5.41, 5.74) is 0. The molecule has 0 radical (unpaired) electrons. The molecule has 6 atom stereocenters. The lowest BCUT2D eigenvalue weighted by atomic mass is 9.98. The van der Waals surface area contributed by atoms with Crippen molar-refractivity contribution in [2.24, 2.45) is 0 Å². The predicted octanol–water partition coefficient (Wildman–Crippen LogP) is 15.8. The molecule has 1 heterocycles. The van der Waals surface area contributed by atoms with Crippen molar-refractivity contribution in [2.45, 2.75) is 314 Å². The van der Waals surface area contributed by atoms with Gasteiger partial charge in [0.2, 0.25) is 0 Å². The van der Waals surface area contributed by atoms with Crippen LogP contribution in [0.1, 0.15) is 278 Å². The largest absolute Gasteiger partial charge is 0.479 e. The average molecular weight is 1060 g/mol. The highest BCUT2D eigenvalue weighted by atomic mass is 16.7. The number of aliphatic hydroxyl groups excluding tert-OH is 2. The standard InChI is InChI=1S/C63H110O12/c1-4-7-10-13-16-19-22-25-26-27-28-29-30-33-34-37-40-43-46-49-55(64)71-52-54(73-56(65)50-47-44-41-38-35-31-23-20-17-14-11-8-5-2)53-72-63-61(59(68)58(67)60(75-63)62(69)70)74-57(66)51-48-45-42-39-36-32-24-21-18-15-12-9-6-3/h9,12,18,21,32,36,42,45,54,58-61,63,67-68H,4-8,10-11,13-17,19-20,22-31,33-35,37-41,43-44,46-53H2,1-3H3,(H,69,70)/b12-9-,21-18-,36-32-,45-42-. The number of rotatable bonds is 52. The lowest BCUT2D eigenvalue weighted by Crippen LogP contribution is -2.61. The minimum atomic E-state index is -1.92. The molecule has 0 aliphatic carbocycles. The Kier molecular flexibility index (Phi) is 47.8. The third-order valence-electron chi connectivity index (χ3n) is 13.9. The summed E-state index contributed by atoms with van der Waals surface area (Å²) >= 11 is 0. The number of carboxylic acids is 1. The van der Waals surface area contributed by atoms with Gasteiger partial charge in [-0.2, -0.15) is 0 Å². The van der Waals surface area contributed by atoms with Crippen LogP contribution in [0.3, 0.4) is 0 Å². The highest BCUT2D eigenvalue weighted by Gasteiger charge is 2.50. The van der Waals surface area contributed by atoms with Gasteiger partial charge < -0.3 is 39.0 Å². The lowest BCUT2D eigenvalue weighted by Gasteiger charge is -2.40. The van der Waals surface area contributed by atoms with Gasteiger partial charge in [-0.05, 0) is 44.9 Å². The first-order valence-corrected chi connectivity index (χ1v) is 30.6. The number of carboxylic acid groups (broad SMARTS) is 1. The summed E-state index contributed by atoms with van der Waals surface area (Å²) in [5.74, 6) is -3.20. The molecule has 434 valence electrons. The molecule has 12 heteroatoms. The second-order valence-corrected chi connectivity index (χ2v) is 21.0. The Morgan fingerprint density at radius 2 is 0.840 bits per heavy atom. The molecule has 0 spiro atoms. The maximum atomic E-state index is 13.1. The Hall–Kier alpha value is -3.32. The van der Waals surface area contributed by atoms with Crippen LogP contribution in [0.15, 0.2) is 48.6 Å². The third kappa shape index (κ3) is 41.5. The number of ether oxygens (including phenoxy) is 5. The zero-order chi connectivity index (χ0) is 54.7. The van der Waals surface area contributed by atoms with E-state index in [1.807, 2.05) is 18.2 Å². The molecular formula is C63H110O12. The molecule has 1 saturated heterocycles. The van der Waals surface area contributed by atoms with Gasteiger partial charge in [0.15, 0.2) is 24.6 Å². The number of unbranched alkanes of at least 4 members (excludes halogenated alkanes) is 30. The summed E-state index contributed by atoms with van der Waals surface area (Å²) in [7, 11) is 0. The highest BCUT2D eigenvalue weighted by Crippen LogP contribution is 2.26. The summed E-state index contributed by atoms with van der Waals surface area (Å²) in [6.45, 7) is 5.87. The molecule has 0 aromatic rings. The van der Waals surface area contributed by atoms with E-state index in [9.17, 15) is 34.5 Å². The molecular weight excluding hydrogens is 949 g/mol. The SMILES string of the molecule is CC/C=C\C/C=C\C/C=C\C/C=C\CCC(=O)OC1C(OCC(COC(=O)CCCCCCCCCCCCCCCCCCCCC)OC(=O)CCCCCCCCCCCCCCC)OC(C(=O)O)C(O)C1O. The van der Waals surface area contributed by atoms with Crippen molar-refractivity contribution in [3.63, 3.8) is 0 Å². The molecule has 0 saturated carbocycles. The normalized spacial score (nSPS) is 18.4. The summed E-state index contributed by atoms with van der Waals surface area (Å²) < 4.78 is 28.4. The minimum Gasteiger partial charge on any atom is -0.479 e. The van der Waals surface area contributed by atoms with Crippen molar-refractivity contribution >= 4 is 23.9 Å². The van der Waals surface area contributed by atoms with Crippen molar-refractivity contribution in [1.29, 1.82) is 0 Å². The first-order valence-electron chi connectivity index (χ1n) is 30.6. The molecule has 6 unspecified atom stereocenters. The first kappa shape index (κ1) is 69.7. The Morgan fingerprint density at radius 1 is 0.453 bits per heavy atom. The quantitative estimate of drug-likeness (QED) is 0.0228. The molecule has 0 aromatic heterocycles. The zero-order valence-corrected chi connectivity index (χ0v) is 47.8. The van der Waals surface area contributed by atoms with Gasteiger partial charge in [0, 0.05) is 19.3 Å². The maximum Gasteiger partial charge on any atom is 0.335 e. The average Bonchev–Trinajstić information content (AvgIpc) is 3.39. The van der Waals surface area contributed by atoms with Crippen molar-refractivity contribution in [1.82, 2.24) is 0 Å². The second-order valence-electron chi connectivity index (χ2n) is 21.0. The molecule has 1 fully saturated rings. The van der Waals surface area contributed by atoms with Gasteiger partial charge in [0.1, 0.15) is 18.8 Å². The molecule has 3 N–H and O–H groups in total. The van der Waals surface area contributed by atoms with Crippen molar-refractivity contribution < 1.29 is 58.2 Å². The Morgan fingerprint density at radius 3 is 1.25 bits per heavy atom. The van der Waals surface area contributed by atoms with E-state index in [2.05, 4.69) is 51.2 Å². The number of carbonyl (C=O) groups is 4. The second kappa shape index (κ2) is 51.4. The van der Waals surface area contributed by atoms with Crippen LogP contribution in [0.5, 0.6) is 0 Å². The molecule has 75 heavy (non-hydrogen) atoms. The molecule has 1 rings (SSSR count). The Balaban J connectivity index is 2.67. The van der Waals surface area contributed by atoms with Gasteiger partial charge in [-0.1, -0.05) is 262 Å². The summed E-state index contributed by atoms with van der Waals surface area (Å²) in [5, 5.41) is 31.4. The topological polar surface area (TPSA) is 175 Å². The zero-order valence-electron chi connectivity index (χ0n) is 47.8. The van der Waals surface area contributed by atoms with E-state index in [0.29, 0.717) is 25.7 Å². The van der Waals surface area contributed by atoms with Crippen LogP contribution >= 0.6 is 0 Å². The molecule has 0 amide bonds. The van der Waals surface area contributed by atoms with E-state index in [4.69, 9.17) is 23.7 Å². The predicted molar refractivity (Wildman–Crippen MR) is 303 cm³/mol. The molecule has 1 aliphatic rings. The summed E-state index contributed by atoms with van der Waals surface area (Å²) in [4.78, 5) is 51.1. The van der Waals surface area contributed by atoms with E-state index in [-0.39, 0.29) is 25.9 Å². The maximum absolute atomic E-state index is 13.1. The number of hydrogen-bond acceptors (Lipinski definition) is 11. The number of aliphatic hydroxyl groups is 2. The van der Waals surface area contributed by atoms with Gasteiger partial charge in [-0.15, -0.1) is 0 Å². The van der Waals surface area contributed by atoms with Crippen molar-refractivity contribution in [3.8, 4) is 0 Å². The number of allylic oxidation sites excluding steroid dienone is 8. The van der Waals surface area contributed by atoms with E-state index >= 15 is 0 Å². The van der Waals surface area contributed by atoms with Gasteiger partial charge in [-0.3, -0.25) is 14.4 Å². The van der Waals surface area contributed by atoms with E-state index in [1.54, 1.807) is 0 Å². The van der Waals surface area contributed by atoms with Crippen LogP contribution in [-0.2, 0) is 42.9 Å². The van der Waals surface area contributed by atoms with Crippen LogP contribution in [0.25, 0.3) is 0 Å². The van der Waals surface area contributed by atoms with Crippen LogP contribution in [0.2, 0.25) is 0 Å². The molecule has 0 bridgehead atoms. The van der Waals surface area contributed by atoms with Gasteiger partial charge >= 0.3 is 23.9 Å². The van der Waals surface area contributed by atoms with Gasteiger partial charge in [0.05, 0.1) is 6.61 Å². The van der Waals surface area contributed by atoms with Crippen molar-refractivity contribution in [3.05, 3.63) is 48.6 Å². The fraction of sp³-hybridized carbons (Fsp3) is 0.810. The van der Waals surface area contributed by atoms with E-state index < -0.39 is 67.3 Å². The first-order chi connectivity index (χ1) is 36.6. The van der Waals surface area contributed by atoms with Crippen LogP contribution in [-0.4, -0.2) is 89.2 Å². The molecule has 12 nitrogen and oxygen atoms in total. The third-order valence-corrected chi connectivity index (χ3v) is 13.9. The number of hydrogen-bond donors (Lipinski definition) is 3. The van der Waals surface area contributed by atoms with E-state index in [0.717, 1.165) is 57.8 Å². The monoisotopic (exact) mass is 1060 g/mol. The number of carbonyl (C=O) groups excluding carboxylic acids is 3. The molecule has 1 aliphatic heterocycles. The smallest absolute Gasteiger partial charge is 0.335 e. The van der Waals surface area contributed by atoms with Crippen LogP contribution < -0.4 is 0 Å². The Labute approximate surface area is 456 Å². The van der Waals surface area contributed by atoms with Crippen LogP contribution in [0.4, 0.5) is 0 Å². The summed E-state index contributed by atoms with van der Waals surface area (Å²) in [6.07, 6.45) is 49.6. The minimum absolute atomic E-state index is 0.0580. The lowest BCUT2D eigenvalue weighted by molar-refractivity contribution is -0.301. The number of aliphatic carboxylic acids is 1. The fourth-order valence-electron chi connectivity index (χ4n) is 9.27. The fourth-order valence-corrected chi connectivity index (χ4v) is 9.27. The molecule has 0 aromatic carbocycles. The highest BCUT2D eigenvalue weighted by molar-refractivity contribution is 5.74. The van der Waals surface area contributed by atoms with Gasteiger partial charge in [-0.25, -0.2) is 4.79 Å². The van der Waals surface area contributed by atoms with Crippen molar-refractivity contribution in [2.75, 3.05) is 13.2 Å². The Bertz CT molecular complexity index is 1490. The summed E-state index contributed by atoms with van der Waals surface area (Å²) in [6, 6.07) is 0. The van der Waals surface area contributed by atoms with Gasteiger partial charge in [0.25, 0.3) is 0 Å².